The Labute approximate surface area is 110 Å². The number of ether oxygens (including phenoxy) is 1. The highest BCUT2D eigenvalue weighted by atomic mass is 19.4. The predicted octanol–water partition coefficient (Wildman–Crippen LogP) is 4.30. The van der Waals surface area contributed by atoms with Crippen molar-refractivity contribution in [2.45, 2.75) is 39.3 Å². The number of benzene rings is 1. The molecule has 0 aromatic heterocycles. The highest BCUT2D eigenvalue weighted by Crippen LogP contribution is 2.28. The minimum absolute atomic E-state index is 0.133. The average Bonchev–Trinajstić information content (AvgIpc) is 2.36. The van der Waals surface area contributed by atoms with Gasteiger partial charge in [0.1, 0.15) is 11.7 Å². The fraction of sp³-hybridized carbons (Fsp3) is 0.500. The molecule has 1 aromatic rings. The Kier molecular flexibility index (Phi) is 4.97. The topological polar surface area (TPSA) is 26.3 Å². The summed E-state index contributed by atoms with van der Waals surface area (Å²) in [6.45, 7) is 4.88. The zero-order valence-corrected chi connectivity index (χ0v) is 11.1. The molecule has 5 heteroatoms. The molecule has 0 N–H and O–H groups in total. The van der Waals surface area contributed by atoms with Crippen LogP contribution >= 0.6 is 0 Å². The van der Waals surface area contributed by atoms with Gasteiger partial charge in [-0.05, 0) is 37.0 Å². The van der Waals surface area contributed by atoms with E-state index in [2.05, 4.69) is 0 Å². The summed E-state index contributed by atoms with van der Waals surface area (Å²) in [6, 6.07) is 6.55. The van der Waals surface area contributed by atoms with Crippen LogP contribution in [0.4, 0.5) is 13.2 Å². The van der Waals surface area contributed by atoms with E-state index >= 15 is 0 Å². The molecule has 1 aromatic carbocycles. The van der Waals surface area contributed by atoms with Gasteiger partial charge in [-0.25, -0.2) is 0 Å². The maximum Gasteiger partial charge on any atom is 0.401 e. The molecule has 19 heavy (non-hydrogen) atoms. The van der Waals surface area contributed by atoms with Crippen molar-refractivity contribution in [1.29, 1.82) is 0 Å². The zero-order valence-electron chi connectivity index (χ0n) is 11.1. The van der Waals surface area contributed by atoms with Crippen molar-refractivity contribution in [2.75, 3.05) is 0 Å². The first kappa shape index (κ1) is 15.5. The number of hydrogen-bond acceptors (Lipinski definition) is 2. The fourth-order valence-electron chi connectivity index (χ4n) is 1.44. The molecule has 0 fully saturated rings. The first-order valence-corrected chi connectivity index (χ1v) is 6.14. The third-order valence-corrected chi connectivity index (χ3v) is 3.12. The third-order valence-electron chi connectivity index (χ3n) is 3.12. The fourth-order valence-corrected chi connectivity index (χ4v) is 1.44. The van der Waals surface area contributed by atoms with Crippen molar-refractivity contribution in [3.8, 4) is 5.75 Å². The van der Waals surface area contributed by atoms with E-state index in [9.17, 15) is 18.0 Å². The lowest BCUT2D eigenvalue weighted by Gasteiger charge is -2.15. The lowest BCUT2D eigenvalue weighted by molar-refractivity contribution is -0.187. The second-order valence-corrected chi connectivity index (χ2v) is 4.56. The van der Waals surface area contributed by atoms with Gasteiger partial charge in [0.25, 0.3) is 0 Å². The average molecular weight is 274 g/mol. The van der Waals surface area contributed by atoms with Gasteiger partial charge in [0.15, 0.2) is 0 Å². The molecule has 0 aliphatic heterocycles. The lowest BCUT2D eigenvalue weighted by atomic mass is 9.99. The van der Waals surface area contributed by atoms with Crippen molar-refractivity contribution in [2.24, 2.45) is 5.92 Å². The van der Waals surface area contributed by atoms with E-state index in [0.29, 0.717) is 5.92 Å². The molecule has 0 aliphatic carbocycles. The number of rotatable bonds is 4. The Morgan fingerprint density at radius 3 is 2.16 bits per heavy atom. The molecule has 0 amide bonds. The minimum Gasteiger partial charge on any atom is -0.426 e. The van der Waals surface area contributed by atoms with Gasteiger partial charge in [-0.3, -0.25) is 4.79 Å². The van der Waals surface area contributed by atoms with E-state index in [4.69, 9.17) is 4.74 Å². The molecular formula is C14H17F3O2. The minimum atomic E-state index is -4.58. The zero-order chi connectivity index (χ0) is 14.6. The molecule has 106 valence electrons. The summed E-state index contributed by atoms with van der Waals surface area (Å²) < 4.78 is 41.7. The van der Waals surface area contributed by atoms with Crippen molar-refractivity contribution in [3.63, 3.8) is 0 Å². The Morgan fingerprint density at radius 2 is 1.74 bits per heavy atom. The molecule has 0 saturated heterocycles. The highest BCUT2D eigenvalue weighted by molar-refractivity contribution is 5.75. The van der Waals surface area contributed by atoms with Gasteiger partial charge in [0.2, 0.25) is 0 Å². The molecule has 2 atom stereocenters. The van der Waals surface area contributed by atoms with E-state index < -0.39 is 18.1 Å². The van der Waals surface area contributed by atoms with E-state index in [1.807, 2.05) is 13.8 Å². The molecule has 0 saturated carbocycles. The van der Waals surface area contributed by atoms with E-state index in [-0.39, 0.29) is 5.75 Å². The smallest absolute Gasteiger partial charge is 0.401 e. The Morgan fingerprint density at radius 1 is 1.21 bits per heavy atom. The summed E-state index contributed by atoms with van der Waals surface area (Å²) in [5.41, 5.74) is 1.06. The standard InChI is InChI=1S/C14H17F3O2/c1-4-9(2)11-5-7-12(8-6-11)19-13(18)10(3)14(15,16)17/h5-10H,4H2,1-3H3. The summed E-state index contributed by atoms with van der Waals surface area (Å²) in [7, 11) is 0. The van der Waals surface area contributed by atoms with Crippen LogP contribution in [0.15, 0.2) is 24.3 Å². The molecule has 0 bridgehead atoms. The van der Waals surface area contributed by atoms with Gasteiger partial charge in [-0.15, -0.1) is 0 Å². The summed E-state index contributed by atoms with van der Waals surface area (Å²) >= 11 is 0. The molecule has 2 nitrogen and oxygen atoms in total. The summed E-state index contributed by atoms with van der Waals surface area (Å²) in [5, 5.41) is 0. The molecular weight excluding hydrogens is 257 g/mol. The largest absolute Gasteiger partial charge is 0.426 e. The third kappa shape index (κ3) is 4.26. The highest BCUT2D eigenvalue weighted by Gasteiger charge is 2.42. The van der Waals surface area contributed by atoms with Crippen LogP contribution in [0.5, 0.6) is 5.75 Å². The number of esters is 1. The number of carbonyl (C=O) groups excluding carboxylic acids is 1. The normalized spacial score (nSPS) is 14.8. The van der Waals surface area contributed by atoms with Crippen molar-refractivity contribution in [3.05, 3.63) is 29.8 Å². The van der Waals surface area contributed by atoms with Crippen LogP contribution in [0.1, 0.15) is 38.7 Å². The number of hydrogen-bond donors (Lipinski definition) is 0. The van der Waals surface area contributed by atoms with Crippen LogP contribution < -0.4 is 4.74 Å². The van der Waals surface area contributed by atoms with Crippen molar-refractivity contribution < 1.29 is 22.7 Å². The molecule has 0 spiro atoms. The number of alkyl halides is 3. The van der Waals surface area contributed by atoms with Gasteiger partial charge in [0, 0.05) is 0 Å². The molecule has 0 heterocycles. The van der Waals surface area contributed by atoms with Gasteiger partial charge >= 0.3 is 12.1 Å². The summed E-state index contributed by atoms with van der Waals surface area (Å²) in [4.78, 5) is 11.3. The second-order valence-electron chi connectivity index (χ2n) is 4.56. The molecule has 0 aliphatic rings. The number of carbonyl (C=O) groups is 1. The monoisotopic (exact) mass is 274 g/mol. The lowest BCUT2D eigenvalue weighted by Crippen LogP contribution is -2.31. The molecule has 2 unspecified atom stereocenters. The van der Waals surface area contributed by atoms with Gasteiger partial charge < -0.3 is 4.74 Å². The SMILES string of the molecule is CCC(C)c1ccc(OC(=O)C(C)C(F)(F)F)cc1. The Hall–Kier alpha value is -1.52. The van der Waals surface area contributed by atoms with Crippen LogP contribution in [-0.4, -0.2) is 12.1 Å². The number of halogens is 3. The molecule has 0 radical (unpaired) electrons. The van der Waals surface area contributed by atoms with Crippen LogP contribution in [-0.2, 0) is 4.79 Å². The van der Waals surface area contributed by atoms with Crippen LogP contribution in [0.25, 0.3) is 0 Å². The maximum atomic E-state index is 12.3. The van der Waals surface area contributed by atoms with Crippen LogP contribution in [0.3, 0.4) is 0 Å². The van der Waals surface area contributed by atoms with E-state index in [0.717, 1.165) is 18.9 Å². The predicted molar refractivity (Wildman–Crippen MR) is 66.0 cm³/mol. The van der Waals surface area contributed by atoms with Crippen LogP contribution in [0, 0.1) is 5.92 Å². The summed E-state index contributed by atoms with van der Waals surface area (Å²) in [6.07, 6.45) is -3.61. The van der Waals surface area contributed by atoms with Gasteiger partial charge in [-0.2, -0.15) is 13.2 Å². The van der Waals surface area contributed by atoms with Crippen molar-refractivity contribution >= 4 is 5.97 Å². The van der Waals surface area contributed by atoms with Crippen LogP contribution in [0.2, 0.25) is 0 Å². The van der Waals surface area contributed by atoms with E-state index in [1.54, 1.807) is 12.1 Å². The van der Waals surface area contributed by atoms with Crippen molar-refractivity contribution in [1.82, 2.24) is 0 Å². The van der Waals surface area contributed by atoms with Gasteiger partial charge in [0.05, 0.1) is 0 Å². The quantitative estimate of drug-likeness (QED) is 0.604. The first-order valence-electron chi connectivity index (χ1n) is 6.14. The molecule has 1 rings (SSSR count). The summed E-state index contributed by atoms with van der Waals surface area (Å²) in [5.74, 6) is -2.92. The maximum absolute atomic E-state index is 12.3. The Bertz CT molecular complexity index is 423. The van der Waals surface area contributed by atoms with E-state index in [1.165, 1.54) is 12.1 Å². The first-order chi connectivity index (χ1) is 8.75. The Balaban J connectivity index is 2.71. The van der Waals surface area contributed by atoms with Gasteiger partial charge in [-0.1, -0.05) is 26.0 Å². The second kappa shape index (κ2) is 6.08.